The number of nitrogens with zero attached hydrogens (tertiary/aromatic N) is 2. The maximum Gasteiger partial charge on any atom is 0.246 e. The van der Waals surface area contributed by atoms with Gasteiger partial charge in [0.25, 0.3) is 0 Å². The zero-order valence-corrected chi connectivity index (χ0v) is 14.5. The lowest BCUT2D eigenvalue weighted by atomic mass is 10.1. The molecule has 0 radical (unpaired) electrons. The van der Waals surface area contributed by atoms with Crippen molar-refractivity contribution in [3.63, 3.8) is 0 Å². The summed E-state index contributed by atoms with van der Waals surface area (Å²) in [4.78, 5) is 1.98. The van der Waals surface area contributed by atoms with Crippen LogP contribution in [0.1, 0.15) is 11.1 Å². The Morgan fingerprint density at radius 2 is 1.58 bits per heavy atom. The lowest BCUT2D eigenvalue weighted by molar-refractivity contribution is 0.181. The summed E-state index contributed by atoms with van der Waals surface area (Å²) < 4.78 is 40.3. The molecule has 1 saturated heterocycles. The number of aryl methyl sites for hydroxylation is 1. The highest BCUT2D eigenvalue weighted by atomic mass is 32.2. The van der Waals surface area contributed by atoms with Gasteiger partial charge >= 0.3 is 0 Å². The monoisotopic (exact) mass is 348 g/mol. The van der Waals surface area contributed by atoms with Crippen molar-refractivity contribution < 1.29 is 12.8 Å². The molecule has 0 bridgehead atoms. The number of hydrogen-bond acceptors (Lipinski definition) is 3. The summed E-state index contributed by atoms with van der Waals surface area (Å²) in [6, 6.07) is 13.9. The Bertz CT molecular complexity index is 798. The largest absolute Gasteiger partial charge is 0.296 e. The first-order chi connectivity index (χ1) is 11.5. The Hall–Kier alpha value is -1.76. The third-order valence-electron chi connectivity index (χ3n) is 4.31. The van der Waals surface area contributed by atoms with E-state index in [1.54, 1.807) is 6.07 Å². The van der Waals surface area contributed by atoms with Gasteiger partial charge in [-0.3, -0.25) is 4.90 Å². The van der Waals surface area contributed by atoms with E-state index in [2.05, 4.69) is 36.1 Å². The minimum atomic E-state index is -3.76. The fraction of sp³-hybridized carbons (Fsp3) is 0.333. The zero-order valence-electron chi connectivity index (χ0n) is 13.7. The summed E-state index contributed by atoms with van der Waals surface area (Å²) in [5.74, 6) is -0.695. The molecule has 2 aromatic carbocycles. The number of piperazine rings is 1. The van der Waals surface area contributed by atoms with Gasteiger partial charge in [-0.1, -0.05) is 42.0 Å². The van der Waals surface area contributed by atoms with Crippen LogP contribution < -0.4 is 0 Å². The molecule has 0 aliphatic carbocycles. The summed E-state index contributed by atoms with van der Waals surface area (Å²) in [7, 11) is -3.76. The van der Waals surface area contributed by atoms with Crippen molar-refractivity contribution in [2.24, 2.45) is 0 Å². The van der Waals surface area contributed by atoms with Crippen LogP contribution in [-0.2, 0) is 16.6 Å². The van der Waals surface area contributed by atoms with E-state index in [9.17, 15) is 12.8 Å². The Morgan fingerprint density at radius 1 is 0.958 bits per heavy atom. The first-order valence-electron chi connectivity index (χ1n) is 7.99. The highest BCUT2D eigenvalue weighted by Crippen LogP contribution is 2.21. The molecule has 1 aliphatic rings. The maximum absolute atomic E-state index is 13.8. The SMILES string of the molecule is Cc1ccc(CN2CCN(S(=O)(=O)c3ccccc3F)CC2)cc1. The molecule has 4 nitrogen and oxygen atoms in total. The first-order valence-corrected chi connectivity index (χ1v) is 9.43. The second-order valence-corrected chi connectivity index (χ2v) is 8.00. The van der Waals surface area contributed by atoms with E-state index in [4.69, 9.17) is 0 Å². The van der Waals surface area contributed by atoms with E-state index in [0.717, 1.165) is 6.54 Å². The molecule has 1 fully saturated rings. The molecule has 0 atom stereocenters. The van der Waals surface area contributed by atoms with Gasteiger partial charge in [-0.25, -0.2) is 12.8 Å². The molecule has 0 saturated carbocycles. The van der Waals surface area contributed by atoms with Gasteiger partial charge in [0.1, 0.15) is 10.7 Å². The molecule has 128 valence electrons. The van der Waals surface area contributed by atoms with Crippen molar-refractivity contribution >= 4 is 10.0 Å². The third kappa shape index (κ3) is 3.66. The lowest BCUT2D eigenvalue weighted by Gasteiger charge is -2.34. The average Bonchev–Trinajstić information content (AvgIpc) is 2.58. The van der Waals surface area contributed by atoms with Gasteiger partial charge in [0.2, 0.25) is 10.0 Å². The van der Waals surface area contributed by atoms with Crippen LogP contribution in [0, 0.1) is 12.7 Å². The minimum absolute atomic E-state index is 0.239. The highest BCUT2D eigenvalue weighted by Gasteiger charge is 2.30. The molecule has 0 unspecified atom stereocenters. The highest BCUT2D eigenvalue weighted by molar-refractivity contribution is 7.89. The van der Waals surface area contributed by atoms with Crippen LogP contribution in [0.4, 0.5) is 4.39 Å². The topological polar surface area (TPSA) is 40.6 Å². The number of hydrogen-bond donors (Lipinski definition) is 0. The van der Waals surface area contributed by atoms with E-state index >= 15 is 0 Å². The van der Waals surface area contributed by atoms with Gasteiger partial charge < -0.3 is 0 Å². The molecule has 6 heteroatoms. The molecule has 0 amide bonds. The average molecular weight is 348 g/mol. The van der Waals surface area contributed by atoms with E-state index in [-0.39, 0.29) is 4.90 Å². The van der Waals surface area contributed by atoms with Gasteiger partial charge in [0.05, 0.1) is 0 Å². The summed E-state index contributed by atoms with van der Waals surface area (Å²) in [6.45, 7) is 4.89. The Morgan fingerprint density at radius 3 is 2.21 bits per heavy atom. The molecule has 2 aromatic rings. The molecule has 1 aliphatic heterocycles. The summed E-state index contributed by atoms with van der Waals surface area (Å²) in [5, 5.41) is 0. The Balaban J connectivity index is 1.64. The molecule has 1 heterocycles. The number of sulfonamides is 1. The van der Waals surface area contributed by atoms with Crippen LogP contribution in [0.2, 0.25) is 0 Å². The molecule has 24 heavy (non-hydrogen) atoms. The van der Waals surface area contributed by atoms with Gasteiger partial charge in [0, 0.05) is 32.7 Å². The second kappa shape index (κ2) is 7.01. The number of benzene rings is 2. The van der Waals surface area contributed by atoms with Crippen LogP contribution in [0.25, 0.3) is 0 Å². The smallest absolute Gasteiger partial charge is 0.246 e. The molecule has 0 spiro atoms. The van der Waals surface area contributed by atoms with Crippen molar-refractivity contribution in [2.45, 2.75) is 18.4 Å². The fourth-order valence-corrected chi connectivity index (χ4v) is 4.36. The van der Waals surface area contributed by atoms with E-state index in [1.807, 2.05) is 0 Å². The van der Waals surface area contributed by atoms with Crippen LogP contribution in [-0.4, -0.2) is 43.8 Å². The van der Waals surface area contributed by atoms with Crippen LogP contribution in [0.3, 0.4) is 0 Å². The van der Waals surface area contributed by atoms with Crippen LogP contribution in [0.5, 0.6) is 0 Å². The van der Waals surface area contributed by atoms with Gasteiger partial charge in [-0.2, -0.15) is 4.31 Å². The predicted molar refractivity (Wildman–Crippen MR) is 91.6 cm³/mol. The minimum Gasteiger partial charge on any atom is -0.296 e. The fourth-order valence-electron chi connectivity index (χ4n) is 2.87. The molecule has 3 rings (SSSR count). The van der Waals surface area contributed by atoms with Gasteiger partial charge in [-0.05, 0) is 24.6 Å². The lowest BCUT2D eigenvalue weighted by Crippen LogP contribution is -2.48. The maximum atomic E-state index is 13.8. The van der Waals surface area contributed by atoms with E-state index < -0.39 is 15.8 Å². The van der Waals surface area contributed by atoms with Gasteiger partial charge in [-0.15, -0.1) is 0 Å². The first kappa shape index (κ1) is 17.1. The molecular weight excluding hydrogens is 327 g/mol. The summed E-state index contributed by atoms with van der Waals surface area (Å²) >= 11 is 0. The Kier molecular flexibility index (Phi) is 4.99. The zero-order chi connectivity index (χ0) is 17.2. The second-order valence-electron chi connectivity index (χ2n) is 6.10. The quantitative estimate of drug-likeness (QED) is 0.853. The van der Waals surface area contributed by atoms with E-state index in [1.165, 1.54) is 33.6 Å². The van der Waals surface area contributed by atoms with Gasteiger partial charge in [0.15, 0.2) is 0 Å². The van der Waals surface area contributed by atoms with Crippen LogP contribution in [0.15, 0.2) is 53.4 Å². The van der Waals surface area contributed by atoms with Crippen molar-refractivity contribution in [1.82, 2.24) is 9.21 Å². The molecule has 0 N–H and O–H groups in total. The standard InChI is InChI=1S/C18H21FN2O2S/c1-15-6-8-16(9-7-15)14-20-10-12-21(13-11-20)24(22,23)18-5-3-2-4-17(18)19/h2-9H,10-14H2,1H3. The number of rotatable bonds is 4. The normalized spacial score (nSPS) is 17.1. The molecular formula is C18H21FN2O2S. The van der Waals surface area contributed by atoms with Crippen molar-refractivity contribution in [3.05, 3.63) is 65.5 Å². The van der Waals surface area contributed by atoms with Crippen molar-refractivity contribution in [1.29, 1.82) is 0 Å². The predicted octanol–water partition coefficient (Wildman–Crippen LogP) is 2.64. The summed E-state index contributed by atoms with van der Waals surface area (Å²) in [6.07, 6.45) is 0. The van der Waals surface area contributed by atoms with Crippen molar-refractivity contribution in [3.8, 4) is 0 Å². The molecule has 0 aromatic heterocycles. The third-order valence-corrected chi connectivity index (χ3v) is 6.24. The number of halogens is 1. The Labute approximate surface area is 142 Å². The summed E-state index contributed by atoms with van der Waals surface area (Å²) in [5.41, 5.74) is 2.44. The van der Waals surface area contributed by atoms with Crippen LogP contribution >= 0.6 is 0 Å². The van der Waals surface area contributed by atoms with E-state index in [0.29, 0.717) is 26.2 Å². The van der Waals surface area contributed by atoms with Crippen molar-refractivity contribution in [2.75, 3.05) is 26.2 Å².